The fourth-order valence-electron chi connectivity index (χ4n) is 7.50. The number of benzene rings is 7. The second-order valence-corrected chi connectivity index (χ2v) is 13.8. The molecule has 0 atom stereocenters. The zero-order chi connectivity index (χ0) is 37.0. The minimum Gasteiger partial charge on any atom is -0.452 e. The van der Waals surface area contributed by atoms with Gasteiger partial charge in [-0.05, 0) is 46.5 Å². The lowest BCUT2D eigenvalue weighted by Gasteiger charge is -2.09. The van der Waals surface area contributed by atoms with Crippen LogP contribution < -0.4 is 0 Å². The number of hydrogen-bond donors (Lipinski definition) is 0. The van der Waals surface area contributed by atoms with Gasteiger partial charge >= 0.3 is 0 Å². The molecule has 56 heavy (non-hydrogen) atoms. The van der Waals surface area contributed by atoms with Gasteiger partial charge in [-0.3, -0.25) is 0 Å². The van der Waals surface area contributed by atoms with Crippen LogP contribution in [0.1, 0.15) is 0 Å². The smallest absolute Gasteiger partial charge is 0.180 e. The van der Waals surface area contributed by atoms with Crippen molar-refractivity contribution in [2.45, 2.75) is 0 Å². The molecule has 6 nitrogen and oxygen atoms in total. The van der Waals surface area contributed by atoms with E-state index >= 15 is 0 Å². The van der Waals surface area contributed by atoms with Crippen molar-refractivity contribution in [3.63, 3.8) is 0 Å². The molecule has 6 heteroatoms. The van der Waals surface area contributed by atoms with Crippen LogP contribution >= 0.6 is 0 Å². The van der Waals surface area contributed by atoms with Crippen molar-refractivity contribution in [2.24, 2.45) is 0 Å². The average Bonchev–Trinajstić information content (AvgIpc) is 3.85. The van der Waals surface area contributed by atoms with Crippen molar-refractivity contribution >= 4 is 44.1 Å². The second-order valence-electron chi connectivity index (χ2n) is 13.8. The minimum atomic E-state index is 0.670. The van der Waals surface area contributed by atoms with Gasteiger partial charge in [0.2, 0.25) is 0 Å². The summed E-state index contributed by atoms with van der Waals surface area (Å²) in [5.41, 5.74) is 14.5. The van der Waals surface area contributed by atoms with Crippen molar-refractivity contribution in [3.05, 3.63) is 182 Å². The number of hydrogen-bond acceptors (Lipinski definition) is 6. The van der Waals surface area contributed by atoms with Crippen molar-refractivity contribution < 1.29 is 8.83 Å². The molecule has 0 spiro atoms. The Labute approximate surface area is 321 Å². The number of aromatic nitrogens is 4. The number of rotatable bonds is 6. The van der Waals surface area contributed by atoms with E-state index in [0.29, 0.717) is 22.8 Å². The van der Waals surface area contributed by atoms with E-state index in [0.717, 1.165) is 88.9 Å². The van der Waals surface area contributed by atoms with Gasteiger partial charge in [-0.1, -0.05) is 158 Å². The zero-order valence-corrected chi connectivity index (χ0v) is 29.9. The Balaban J connectivity index is 0.904. The van der Waals surface area contributed by atoms with Gasteiger partial charge in [0.15, 0.2) is 22.8 Å². The molecule has 0 radical (unpaired) electrons. The predicted octanol–water partition coefficient (Wildman–Crippen LogP) is 13.1. The summed E-state index contributed by atoms with van der Waals surface area (Å²) in [5, 5.41) is 1.95. The number of furan rings is 2. The minimum absolute atomic E-state index is 0.670. The molecule has 11 rings (SSSR count). The molecule has 0 saturated carbocycles. The van der Waals surface area contributed by atoms with Crippen molar-refractivity contribution in [1.29, 1.82) is 0 Å². The standard InChI is InChI=1S/C50H30N4O2/c1-3-11-37(12-4-1)49-51-43(47-45(53-49)39-15-7-9-17-41(39)55-47)35-27-23-33(24-28-35)31-19-21-32(22-20-31)34-25-29-36(30-26-34)44-48-46(40-16-8-10-18-42(40)56-48)54-50(52-44)38-13-5-2-6-14-38/h1-30H. The van der Waals surface area contributed by atoms with E-state index in [1.807, 2.05) is 109 Å². The molecular weight excluding hydrogens is 689 g/mol. The Morgan fingerprint density at radius 3 is 0.964 bits per heavy atom. The maximum Gasteiger partial charge on any atom is 0.180 e. The van der Waals surface area contributed by atoms with Crippen LogP contribution in [0.3, 0.4) is 0 Å². The van der Waals surface area contributed by atoms with Crippen LogP contribution in [0.15, 0.2) is 191 Å². The highest BCUT2D eigenvalue weighted by Gasteiger charge is 2.20. The number of fused-ring (bicyclic) bond motifs is 6. The maximum absolute atomic E-state index is 6.35. The lowest BCUT2D eigenvalue weighted by atomic mass is 9.98. The van der Waals surface area contributed by atoms with E-state index in [4.69, 9.17) is 28.8 Å². The van der Waals surface area contributed by atoms with Crippen molar-refractivity contribution in [2.75, 3.05) is 0 Å². The maximum atomic E-state index is 6.35. The fourth-order valence-corrected chi connectivity index (χ4v) is 7.50. The molecule has 0 N–H and O–H groups in total. The summed E-state index contributed by atoms with van der Waals surface area (Å²) in [4.78, 5) is 20.0. The van der Waals surface area contributed by atoms with Crippen LogP contribution in [0.2, 0.25) is 0 Å². The van der Waals surface area contributed by atoms with E-state index in [9.17, 15) is 0 Å². The topological polar surface area (TPSA) is 77.8 Å². The van der Waals surface area contributed by atoms with Crippen LogP contribution in [0.4, 0.5) is 0 Å². The van der Waals surface area contributed by atoms with Gasteiger partial charge in [0, 0.05) is 33.0 Å². The van der Waals surface area contributed by atoms with Crippen molar-refractivity contribution in [1.82, 2.24) is 19.9 Å². The lowest BCUT2D eigenvalue weighted by Crippen LogP contribution is -1.94. The number of para-hydroxylation sites is 2. The van der Waals surface area contributed by atoms with Gasteiger partial charge in [-0.2, -0.15) is 0 Å². The first kappa shape index (κ1) is 31.8. The summed E-state index contributed by atoms with van der Waals surface area (Å²) in [5.74, 6) is 1.34. The Morgan fingerprint density at radius 2 is 0.589 bits per heavy atom. The zero-order valence-electron chi connectivity index (χ0n) is 29.9. The van der Waals surface area contributed by atoms with Crippen LogP contribution in [0, 0.1) is 0 Å². The molecule has 0 amide bonds. The quantitative estimate of drug-likeness (QED) is 0.170. The van der Waals surface area contributed by atoms with Gasteiger partial charge in [0.05, 0.1) is 0 Å². The summed E-state index contributed by atoms with van der Waals surface area (Å²) >= 11 is 0. The third-order valence-electron chi connectivity index (χ3n) is 10.4. The summed E-state index contributed by atoms with van der Waals surface area (Å²) in [6, 6.07) is 61.9. The molecular formula is C50H30N4O2. The van der Waals surface area contributed by atoms with Crippen LogP contribution in [0.5, 0.6) is 0 Å². The third-order valence-corrected chi connectivity index (χ3v) is 10.4. The van der Waals surface area contributed by atoms with Gasteiger partial charge in [-0.25, -0.2) is 19.9 Å². The molecule has 0 aliphatic carbocycles. The van der Waals surface area contributed by atoms with E-state index in [1.54, 1.807) is 0 Å². The lowest BCUT2D eigenvalue weighted by molar-refractivity contribution is 0.667. The third kappa shape index (κ3) is 5.43. The first-order valence-electron chi connectivity index (χ1n) is 18.5. The fraction of sp³-hybridized carbons (Fsp3) is 0. The van der Waals surface area contributed by atoms with Gasteiger partial charge < -0.3 is 8.83 Å². The Morgan fingerprint density at radius 1 is 0.268 bits per heavy atom. The predicted molar refractivity (Wildman–Crippen MR) is 225 cm³/mol. The van der Waals surface area contributed by atoms with E-state index < -0.39 is 0 Å². The molecule has 0 fully saturated rings. The first-order valence-corrected chi connectivity index (χ1v) is 18.5. The summed E-state index contributed by atoms with van der Waals surface area (Å²) in [7, 11) is 0. The molecule has 0 bridgehead atoms. The molecule has 7 aromatic carbocycles. The van der Waals surface area contributed by atoms with E-state index in [2.05, 4.69) is 72.8 Å². The highest BCUT2D eigenvalue weighted by atomic mass is 16.3. The van der Waals surface area contributed by atoms with Crippen LogP contribution in [0.25, 0.3) is 112 Å². The molecule has 0 saturated heterocycles. The van der Waals surface area contributed by atoms with E-state index in [1.165, 1.54) is 0 Å². The molecule has 11 aromatic rings. The monoisotopic (exact) mass is 718 g/mol. The highest BCUT2D eigenvalue weighted by Crippen LogP contribution is 2.38. The van der Waals surface area contributed by atoms with Crippen LogP contribution in [-0.2, 0) is 0 Å². The molecule has 262 valence electrons. The molecule has 0 aliphatic rings. The summed E-state index contributed by atoms with van der Waals surface area (Å²) in [6.07, 6.45) is 0. The highest BCUT2D eigenvalue weighted by molar-refractivity contribution is 6.08. The summed E-state index contributed by atoms with van der Waals surface area (Å²) < 4.78 is 12.7. The second kappa shape index (κ2) is 13.0. The Bertz CT molecular complexity index is 2990. The van der Waals surface area contributed by atoms with Crippen LogP contribution in [-0.4, -0.2) is 19.9 Å². The molecule has 4 heterocycles. The average molecular weight is 719 g/mol. The molecule has 0 unspecified atom stereocenters. The van der Waals surface area contributed by atoms with Gasteiger partial charge in [0.25, 0.3) is 0 Å². The van der Waals surface area contributed by atoms with E-state index in [-0.39, 0.29) is 0 Å². The normalized spacial score (nSPS) is 11.6. The number of nitrogens with zero attached hydrogens (tertiary/aromatic N) is 4. The Hall–Kier alpha value is -7.70. The SMILES string of the molecule is c1ccc(-c2nc(-c3ccc(-c4ccc(-c5ccc(-c6nc(-c7ccccc7)nc7c6oc6ccccc67)cc5)cc4)cc3)c3oc4ccccc4c3n2)cc1. The van der Waals surface area contributed by atoms with Gasteiger partial charge in [-0.15, -0.1) is 0 Å². The van der Waals surface area contributed by atoms with Crippen molar-refractivity contribution in [3.8, 4) is 67.5 Å². The largest absolute Gasteiger partial charge is 0.452 e. The Kier molecular flexibility index (Phi) is 7.38. The first-order chi connectivity index (χ1) is 27.7. The summed E-state index contributed by atoms with van der Waals surface area (Å²) in [6.45, 7) is 0. The van der Waals surface area contributed by atoms with Gasteiger partial charge in [0.1, 0.15) is 33.6 Å². The molecule has 0 aliphatic heterocycles. The molecule has 4 aromatic heterocycles.